The second-order valence-corrected chi connectivity index (χ2v) is 6.31. The van der Waals surface area contributed by atoms with Crippen molar-refractivity contribution in [3.8, 4) is 0 Å². The average Bonchev–Trinajstić information content (AvgIpc) is 2.67. The zero-order valence-corrected chi connectivity index (χ0v) is 11.2. The van der Waals surface area contributed by atoms with Gasteiger partial charge in [-0.2, -0.15) is 0 Å². The van der Waals surface area contributed by atoms with E-state index < -0.39 is 0 Å². The van der Waals surface area contributed by atoms with Crippen molar-refractivity contribution in [2.24, 2.45) is 0 Å². The molecule has 0 aliphatic carbocycles. The Morgan fingerprint density at radius 2 is 2.25 bits per heavy atom. The first kappa shape index (κ1) is 11.8. The summed E-state index contributed by atoms with van der Waals surface area (Å²) in [6.45, 7) is 8.79. The molecule has 0 fully saturated rings. The van der Waals surface area contributed by atoms with Crippen molar-refractivity contribution >= 4 is 11.3 Å². The molecule has 2 heterocycles. The standard InChI is InChI=1S/C13H20N2S/c1-13(2,3)11-9-16-12(15-11)8-10-4-6-14-7-5-10/h4,9,14H,5-8H2,1-3H3. The van der Waals surface area contributed by atoms with Gasteiger partial charge in [0.25, 0.3) is 0 Å². The zero-order valence-electron chi connectivity index (χ0n) is 10.3. The van der Waals surface area contributed by atoms with Crippen LogP contribution in [0, 0.1) is 0 Å². The largest absolute Gasteiger partial charge is 0.313 e. The lowest BCUT2D eigenvalue weighted by Crippen LogP contribution is -2.21. The summed E-state index contributed by atoms with van der Waals surface area (Å²) in [5.74, 6) is 0. The summed E-state index contributed by atoms with van der Waals surface area (Å²) >= 11 is 1.80. The molecule has 0 spiro atoms. The van der Waals surface area contributed by atoms with Crippen molar-refractivity contribution in [2.75, 3.05) is 13.1 Å². The van der Waals surface area contributed by atoms with Crippen LogP contribution in [0.15, 0.2) is 17.0 Å². The van der Waals surface area contributed by atoms with Gasteiger partial charge in [-0.15, -0.1) is 11.3 Å². The molecular formula is C13H20N2S. The van der Waals surface area contributed by atoms with Crippen LogP contribution in [0.3, 0.4) is 0 Å². The molecule has 1 aliphatic rings. The molecule has 0 aromatic carbocycles. The summed E-state index contributed by atoms with van der Waals surface area (Å²) in [6, 6.07) is 0. The van der Waals surface area contributed by atoms with E-state index in [1.54, 1.807) is 11.3 Å². The number of hydrogen-bond acceptors (Lipinski definition) is 3. The van der Waals surface area contributed by atoms with E-state index in [2.05, 4.69) is 37.5 Å². The Morgan fingerprint density at radius 3 is 2.81 bits per heavy atom. The maximum atomic E-state index is 4.73. The van der Waals surface area contributed by atoms with E-state index in [-0.39, 0.29) is 5.41 Å². The van der Waals surface area contributed by atoms with Crippen LogP contribution in [0.25, 0.3) is 0 Å². The van der Waals surface area contributed by atoms with Crippen molar-refractivity contribution < 1.29 is 0 Å². The number of thiazole rings is 1. The van der Waals surface area contributed by atoms with Gasteiger partial charge in [0.2, 0.25) is 0 Å². The Balaban J connectivity index is 2.05. The summed E-state index contributed by atoms with van der Waals surface area (Å²) in [5.41, 5.74) is 2.94. The maximum absolute atomic E-state index is 4.73. The minimum absolute atomic E-state index is 0.178. The van der Waals surface area contributed by atoms with Gasteiger partial charge in [-0.3, -0.25) is 0 Å². The fourth-order valence-corrected chi connectivity index (χ4v) is 2.83. The van der Waals surface area contributed by atoms with Gasteiger partial charge in [0.05, 0.1) is 10.7 Å². The molecule has 0 saturated heterocycles. The van der Waals surface area contributed by atoms with E-state index in [1.807, 2.05) is 0 Å². The Labute approximate surface area is 102 Å². The van der Waals surface area contributed by atoms with E-state index in [1.165, 1.54) is 22.7 Å². The monoisotopic (exact) mass is 236 g/mol. The molecule has 1 N–H and O–H groups in total. The van der Waals surface area contributed by atoms with E-state index in [0.29, 0.717) is 0 Å². The molecule has 1 aliphatic heterocycles. The SMILES string of the molecule is CC(C)(C)c1csc(CC2=CCNCC2)n1. The van der Waals surface area contributed by atoms with Gasteiger partial charge in [0.1, 0.15) is 0 Å². The van der Waals surface area contributed by atoms with Crippen molar-refractivity contribution in [1.29, 1.82) is 0 Å². The normalized spacial score (nSPS) is 17.3. The molecular weight excluding hydrogens is 216 g/mol. The van der Waals surface area contributed by atoms with Crippen LogP contribution < -0.4 is 5.32 Å². The molecule has 0 unspecified atom stereocenters. The van der Waals surface area contributed by atoms with Gasteiger partial charge >= 0.3 is 0 Å². The Morgan fingerprint density at radius 1 is 1.44 bits per heavy atom. The van der Waals surface area contributed by atoms with Gasteiger partial charge < -0.3 is 5.32 Å². The number of aromatic nitrogens is 1. The van der Waals surface area contributed by atoms with Gasteiger partial charge in [0, 0.05) is 23.8 Å². The maximum Gasteiger partial charge on any atom is 0.0969 e. The second-order valence-electron chi connectivity index (χ2n) is 5.37. The molecule has 1 aromatic heterocycles. The molecule has 88 valence electrons. The molecule has 0 amide bonds. The third-order valence-electron chi connectivity index (χ3n) is 2.86. The first-order chi connectivity index (χ1) is 7.55. The van der Waals surface area contributed by atoms with Gasteiger partial charge in [-0.05, 0) is 13.0 Å². The van der Waals surface area contributed by atoms with Crippen LogP contribution in [0.1, 0.15) is 37.9 Å². The number of rotatable bonds is 2. The summed E-state index contributed by atoms with van der Waals surface area (Å²) in [7, 11) is 0. The minimum Gasteiger partial charge on any atom is -0.313 e. The van der Waals surface area contributed by atoms with Crippen LogP contribution in [0.4, 0.5) is 0 Å². The van der Waals surface area contributed by atoms with E-state index in [9.17, 15) is 0 Å². The minimum atomic E-state index is 0.178. The van der Waals surface area contributed by atoms with Gasteiger partial charge in [-0.25, -0.2) is 4.98 Å². The molecule has 0 atom stereocenters. The third kappa shape index (κ3) is 2.92. The Hall–Kier alpha value is -0.670. The lowest BCUT2D eigenvalue weighted by molar-refractivity contribution is 0.571. The Kier molecular flexibility index (Phi) is 3.45. The van der Waals surface area contributed by atoms with E-state index >= 15 is 0 Å². The summed E-state index contributed by atoms with van der Waals surface area (Å²) in [5, 5.41) is 6.80. The Bertz CT molecular complexity index is 385. The smallest absolute Gasteiger partial charge is 0.0969 e. The van der Waals surface area contributed by atoms with Crippen molar-refractivity contribution in [3.63, 3.8) is 0 Å². The number of hydrogen-bond donors (Lipinski definition) is 1. The van der Waals surface area contributed by atoms with Crippen LogP contribution in [0.2, 0.25) is 0 Å². The van der Waals surface area contributed by atoms with E-state index in [0.717, 1.165) is 19.5 Å². The highest BCUT2D eigenvalue weighted by Crippen LogP contribution is 2.25. The van der Waals surface area contributed by atoms with Crippen LogP contribution in [0.5, 0.6) is 0 Å². The van der Waals surface area contributed by atoms with Crippen LogP contribution in [-0.4, -0.2) is 18.1 Å². The third-order valence-corrected chi connectivity index (χ3v) is 3.71. The highest BCUT2D eigenvalue weighted by Gasteiger charge is 2.17. The predicted molar refractivity (Wildman–Crippen MR) is 70.1 cm³/mol. The number of nitrogens with one attached hydrogen (secondary N) is 1. The first-order valence-corrected chi connectivity index (χ1v) is 6.77. The fraction of sp³-hybridized carbons (Fsp3) is 0.615. The molecule has 1 aromatic rings. The van der Waals surface area contributed by atoms with Crippen LogP contribution >= 0.6 is 11.3 Å². The predicted octanol–water partition coefficient (Wildman–Crippen LogP) is 2.90. The molecule has 0 radical (unpaired) electrons. The molecule has 0 bridgehead atoms. The number of nitrogens with zero attached hydrogens (tertiary/aromatic N) is 1. The highest BCUT2D eigenvalue weighted by molar-refractivity contribution is 7.09. The van der Waals surface area contributed by atoms with Gasteiger partial charge in [-0.1, -0.05) is 32.4 Å². The highest BCUT2D eigenvalue weighted by atomic mass is 32.1. The lowest BCUT2D eigenvalue weighted by atomic mass is 9.93. The van der Waals surface area contributed by atoms with Crippen molar-refractivity contribution in [1.82, 2.24) is 10.3 Å². The summed E-state index contributed by atoms with van der Waals surface area (Å²) in [4.78, 5) is 4.73. The lowest BCUT2D eigenvalue weighted by Gasteiger charge is -2.15. The second kappa shape index (κ2) is 4.68. The molecule has 3 heteroatoms. The molecule has 0 saturated carbocycles. The molecule has 2 nitrogen and oxygen atoms in total. The topological polar surface area (TPSA) is 24.9 Å². The summed E-state index contributed by atoms with van der Waals surface area (Å²) in [6.07, 6.45) is 4.52. The van der Waals surface area contributed by atoms with Crippen molar-refractivity contribution in [2.45, 2.75) is 39.0 Å². The van der Waals surface area contributed by atoms with Gasteiger partial charge in [0.15, 0.2) is 0 Å². The van der Waals surface area contributed by atoms with E-state index in [4.69, 9.17) is 4.98 Å². The zero-order chi connectivity index (χ0) is 11.6. The molecule has 16 heavy (non-hydrogen) atoms. The van der Waals surface area contributed by atoms with Crippen LogP contribution in [-0.2, 0) is 11.8 Å². The molecule has 2 rings (SSSR count). The van der Waals surface area contributed by atoms with Crippen molar-refractivity contribution in [3.05, 3.63) is 27.7 Å². The summed E-state index contributed by atoms with van der Waals surface area (Å²) < 4.78 is 0. The quantitative estimate of drug-likeness (QED) is 0.799. The average molecular weight is 236 g/mol. The fourth-order valence-electron chi connectivity index (χ4n) is 1.76. The first-order valence-electron chi connectivity index (χ1n) is 5.89.